The third-order valence-corrected chi connectivity index (χ3v) is 3.40. The molecule has 17 heavy (non-hydrogen) atoms. The lowest BCUT2D eigenvalue weighted by molar-refractivity contribution is 0.547. The minimum Gasteiger partial charge on any atom is -0.316 e. The first kappa shape index (κ1) is 10.5. The second-order valence-corrected chi connectivity index (χ2v) is 4.65. The Hall–Kier alpha value is -1.68. The molecule has 2 unspecified atom stereocenters. The Morgan fingerprint density at radius 1 is 1.18 bits per heavy atom. The van der Waals surface area contributed by atoms with Gasteiger partial charge in [-0.25, -0.2) is 4.98 Å². The van der Waals surface area contributed by atoms with Crippen LogP contribution in [0.15, 0.2) is 30.3 Å². The van der Waals surface area contributed by atoms with Gasteiger partial charge in [0.05, 0.1) is 0 Å². The van der Waals surface area contributed by atoms with Gasteiger partial charge in [0, 0.05) is 18.0 Å². The quantitative estimate of drug-likeness (QED) is 0.824. The number of hydrogen-bond acceptors (Lipinski definition) is 3. The van der Waals surface area contributed by atoms with Crippen LogP contribution in [0.25, 0.3) is 11.4 Å². The zero-order valence-corrected chi connectivity index (χ0v) is 9.85. The van der Waals surface area contributed by atoms with Gasteiger partial charge in [0.15, 0.2) is 5.82 Å². The molecule has 4 nitrogen and oxygen atoms in total. The standard InChI is InChI=1S/C13H16N4/c1-9-7-14-8-11(9)13-15-12(16-17-13)10-5-3-2-4-6-10/h2-6,9,11,14H,7-8H2,1H3,(H,15,16,17). The molecule has 1 fully saturated rings. The van der Waals surface area contributed by atoms with Crippen LogP contribution in [-0.4, -0.2) is 28.3 Å². The molecule has 1 aromatic carbocycles. The van der Waals surface area contributed by atoms with Gasteiger partial charge >= 0.3 is 0 Å². The molecule has 2 N–H and O–H groups in total. The van der Waals surface area contributed by atoms with Crippen LogP contribution in [0, 0.1) is 5.92 Å². The van der Waals surface area contributed by atoms with E-state index < -0.39 is 0 Å². The summed E-state index contributed by atoms with van der Waals surface area (Å²) in [5.41, 5.74) is 1.06. The number of benzene rings is 1. The lowest BCUT2D eigenvalue weighted by Gasteiger charge is -2.09. The van der Waals surface area contributed by atoms with Crippen LogP contribution >= 0.6 is 0 Å². The maximum Gasteiger partial charge on any atom is 0.181 e. The summed E-state index contributed by atoms with van der Waals surface area (Å²) in [6.45, 7) is 4.30. The van der Waals surface area contributed by atoms with Gasteiger partial charge in [-0.05, 0) is 12.5 Å². The summed E-state index contributed by atoms with van der Waals surface area (Å²) in [5.74, 6) is 2.87. The third-order valence-electron chi connectivity index (χ3n) is 3.40. The van der Waals surface area contributed by atoms with Gasteiger partial charge in [-0.2, -0.15) is 5.10 Å². The number of H-pyrrole nitrogens is 1. The van der Waals surface area contributed by atoms with Crippen LogP contribution in [0.2, 0.25) is 0 Å². The van der Waals surface area contributed by atoms with Crippen molar-refractivity contribution >= 4 is 0 Å². The van der Waals surface area contributed by atoms with Gasteiger partial charge in [0.1, 0.15) is 5.82 Å². The van der Waals surface area contributed by atoms with Crippen LogP contribution < -0.4 is 5.32 Å². The van der Waals surface area contributed by atoms with E-state index in [4.69, 9.17) is 0 Å². The fourth-order valence-corrected chi connectivity index (χ4v) is 2.33. The summed E-state index contributed by atoms with van der Waals surface area (Å²) in [4.78, 5) is 4.61. The van der Waals surface area contributed by atoms with Gasteiger partial charge in [-0.3, -0.25) is 5.10 Å². The molecule has 2 aromatic rings. The minimum absolute atomic E-state index is 0.458. The molecule has 1 aliphatic rings. The topological polar surface area (TPSA) is 53.6 Å². The molecule has 2 heterocycles. The molecule has 0 saturated carbocycles. The molecule has 4 heteroatoms. The molecule has 0 amide bonds. The molecule has 0 aliphatic carbocycles. The lowest BCUT2D eigenvalue weighted by atomic mass is 9.98. The maximum atomic E-state index is 4.61. The van der Waals surface area contributed by atoms with Crippen molar-refractivity contribution in [3.63, 3.8) is 0 Å². The van der Waals surface area contributed by atoms with E-state index in [1.165, 1.54) is 0 Å². The highest BCUT2D eigenvalue weighted by Gasteiger charge is 2.27. The normalized spacial score (nSPS) is 24.1. The monoisotopic (exact) mass is 228 g/mol. The minimum atomic E-state index is 0.458. The summed E-state index contributed by atoms with van der Waals surface area (Å²) in [7, 11) is 0. The predicted octanol–water partition coefficient (Wildman–Crippen LogP) is 1.79. The number of nitrogens with zero attached hydrogens (tertiary/aromatic N) is 2. The second kappa shape index (κ2) is 4.30. The van der Waals surface area contributed by atoms with Crippen molar-refractivity contribution in [3.05, 3.63) is 36.2 Å². The van der Waals surface area contributed by atoms with Crippen molar-refractivity contribution in [1.82, 2.24) is 20.5 Å². The van der Waals surface area contributed by atoms with Crippen LogP contribution in [0.5, 0.6) is 0 Å². The first-order valence-corrected chi connectivity index (χ1v) is 6.03. The van der Waals surface area contributed by atoms with E-state index >= 15 is 0 Å². The number of nitrogens with one attached hydrogen (secondary N) is 2. The third kappa shape index (κ3) is 1.96. The molecule has 0 spiro atoms. The predicted molar refractivity (Wildman–Crippen MR) is 66.6 cm³/mol. The molecule has 88 valence electrons. The Labute approximate surface area is 100 Å². The van der Waals surface area contributed by atoms with Gasteiger partial charge < -0.3 is 5.32 Å². The molecule has 1 aromatic heterocycles. The van der Waals surface area contributed by atoms with Crippen molar-refractivity contribution in [2.75, 3.05) is 13.1 Å². The van der Waals surface area contributed by atoms with Crippen molar-refractivity contribution < 1.29 is 0 Å². The first-order chi connectivity index (χ1) is 8.34. The SMILES string of the molecule is CC1CNCC1c1nc(-c2ccccc2)n[nH]1. The smallest absolute Gasteiger partial charge is 0.181 e. The number of aromatic nitrogens is 3. The second-order valence-electron chi connectivity index (χ2n) is 4.65. The van der Waals surface area contributed by atoms with Crippen molar-refractivity contribution in [1.29, 1.82) is 0 Å². The molecule has 3 rings (SSSR count). The molecular formula is C13H16N4. The van der Waals surface area contributed by atoms with Gasteiger partial charge in [0.2, 0.25) is 0 Å². The van der Waals surface area contributed by atoms with E-state index in [2.05, 4.69) is 27.4 Å². The highest BCUT2D eigenvalue weighted by atomic mass is 15.2. The van der Waals surface area contributed by atoms with Crippen LogP contribution in [0.4, 0.5) is 0 Å². The first-order valence-electron chi connectivity index (χ1n) is 6.03. The summed E-state index contributed by atoms with van der Waals surface area (Å²) in [5, 5.41) is 10.8. The summed E-state index contributed by atoms with van der Waals surface area (Å²) in [6.07, 6.45) is 0. The highest BCUT2D eigenvalue weighted by molar-refractivity contribution is 5.53. The molecular weight excluding hydrogens is 212 g/mol. The zero-order chi connectivity index (χ0) is 11.7. The Balaban J connectivity index is 1.88. The fraction of sp³-hybridized carbons (Fsp3) is 0.385. The van der Waals surface area contributed by atoms with Gasteiger partial charge in [0.25, 0.3) is 0 Å². The van der Waals surface area contributed by atoms with E-state index in [0.29, 0.717) is 11.8 Å². The van der Waals surface area contributed by atoms with E-state index in [-0.39, 0.29) is 0 Å². The van der Waals surface area contributed by atoms with E-state index in [1.807, 2.05) is 30.3 Å². The lowest BCUT2D eigenvalue weighted by Crippen LogP contribution is -2.09. The fourth-order valence-electron chi connectivity index (χ4n) is 2.33. The summed E-state index contributed by atoms with van der Waals surface area (Å²) < 4.78 is 0. The van der Waals surface area contributed by atoms with Crippen LogP contribution in [0.3, 0.4) is 0 Å². The Morgan fingerprint density at radius 3 is 2.71 bits per heavy atom. The molecule has 2 atom stereocenters. The zero-order valence-electron chi connectivity index (χ0n) is 9.85. The van der Waals surface area contributed by atoms with Gasteiger partial charge in [-0.1, -0.05) is 37.3 Å². The van der Waals surface area contributed by atoms with E-state index in [1.54, 1.807) is 0 Å². The molecule has 1 aliphatic heterocycles. The van der Waals surface area contributed by atoms with E-state index in [0.717, 1.165) is 30.3 Å². The number of rotatable bonds is 2. The van der Waals surface area contributed by atoms with Crippen molar-refractivity contribution in [2.24, 2.45) is 5.92 Å². The average Bonchev–Trinajstić information content (AvgIpc) is 2.98. The van der Waals surface area contributed by atoms with Crippen molar-refractivity contribution in [3.8, 4) is 11.4 Å². The summed E-state index contributed by atoms with van der Waals surface area (Å²) in [6, 6.07) is 10.1. The number of aromatic amines is 1. The van der Waals surface area contributed by atoms with Crippen molar-refractivity contribution in [2.45, 2.75) is 12.8 Å². The Bertz CT molecular complexity index is 491. The summed E-state index contributed by atoms with van der Waals surface area (Å²) >= 11 is 0. The van der Waals surface area contributed by atoms with E-state index in [9.17, 15) is 0 Å². The van der Waals surface area contributed by atoms with Crippen LogP contribution in [-0.2, 0) is 0 Å². The Morgan fingerprint density at radius 2 is 2.00 bits per heavy atom. The van der Waals surface area contributed by atoms with Crippen LogP contribution in [0.1, 0.15) is 18.7 Å². The average molecular weight is 228 g/mol. The molecule has 0 radical (unpaired) electrons. The largest absolute Gasteiger partial charge is 0.316 e. The molecule has 0 bridgehead atoms. The molecule has 1 saturated heterocycles. The Kier molecular flexibility index (Phi) is 2.65. The number of hydrogen-bond donors (Lipinski definition) is 2. The maximum absolute atomic E-state index is 4.61. The van der Waals surface area contributed by atoms with Gasteiger partial charge in [-0.15, -0.1) is 0 Å². The highest BCUT2D eigenvalue weighted by Crippen LogP contribution is 2.26.